The first-order chi connectivity index (χ1) is 14.3. The Morgan fingerprint density at radius 1 is 1.20 bits per heavy atom. The van der Waals surface area contributed by atoms with Crippen LogP contribution in [0.15, 0.2) is 35.5 Å². The van der Waals surface area contributed by atoms with Crippen molar-refractivity contribution in [1.29, 1.82) is 0 Å². The second kappa shape index (κ2) is 7.69. The van der Waals surface area contributed by atoms with Crippen molar-refractivity contribution < 1.29 is 13.2 Å². The molecule has 3 aromatic rings. The number of rotatable bonds is 4. The Kier molecular flexibility index (Phi) is 5.20. The number of hydrogen-bond donors (Lipinski definition) is 1. The SMILES string of the molecule is Cc1nn(C)c(C)c1/C=C/C(=O)N1CCN(S(=O)(=O)c2c[nH]c3ncccc23)CC1. The minimum absolute atomic E-state index is 0.133. The van der Waals surface area contributed by atoms with Crippen molar-refractivity contribution in [2.75, 3.05) is 26.2 Å². The van der Waals surface area contributed by atoms with Crippen LogP contribution < -0.4 is 0 Å². The summed E-state index contributed by atoms with van der Waals surface area (Å²) in [6.45, 7) is 5.04. The standard InChI is InChI=1S/C20H24N6O3S/c1-14-16(15(2)24(3)23-14)6-7-19(27)25-9-11-26(12-10-25)30(28,29)18-13-22-20-17(18)5-4-8-21-20/h4-8,13H,9-12H2,1-3H3,(H,21,22)/b7-6+. The molecule has 0 aliphatic carbocycles. The van der Waals surface area contributed by atoms with Crippen LogP contribution in [0.3, 0.4) is 0 Å². The fourth-order valence-electron chi connectivity index (χ4n) is 3.72. The molecule has 30 heavy (non-hydrogen) atoms. The maximum Gasteiger partial charge on any atom is 0.246 e. The first-order valence-corrected chi connectivity index (χ1v) is 11.1. The molecule has 4 heterocycles. The molecule has 9 nitrogen and oxygen atoms in total. The number of hydrogen-bond acceptors (Lipinski definition) is 5. The number of fused-ring (bicyclic) bond motifs is 1. The zero-order valence-electron chi connectivity index (χ0n) is 17.2. The molecule has 0 bridgehead atoms. The Morgan fingerprint density at radius 2 is 1.93 bits per heavy atom. The van der Waals surface area contributed by atoms with Crippen LogP contribution in [0.5, 0.6) is 0 Å². The number of aromatic amines is 1. The minimum Gasteiger partial charge on any atom is -0.345 e. The quantitative estimate of drug-likeness (QED) is 0.634. The summed E-state index contributed by atoms with van der Waals surface area (Å²) >= 11 is 0. The van der Waals surface area contributed by atoms with Crippen molar-refractivity contribution in [3.05, 3.63) is 47.6 Å². The molecule has 1 fully saturated rings. The average molecular weight is 429 g/mol. The molecule has 4 rings (SSSR count). The van der Waals surface area contributed by atoms with Crippen molar-refractivity contribution >= 4 is 33.0 Å². The van der Waals surface area contributed by atoms with Gasteiger partial charge in [0, 0.05) is 68.3 Å². The van der Waals surface area contributed by atoms with Crippen molar-refractivity contribution in [2.45, 2.75) is 18.7 Å². The third-order valence-electron chi connectivity index (χ3n) is 5.54. The van der Waals surface area contributed by atoms with Crippen LogP contribution in [0.4, 0.5) is 0 Å². The molecule has 0 aromatic carbocycles. The molecule has 0 radical (unpaired) electrons. The van der Waals surface area contributed by atoms with Crippen LogP contribution in [-0.2, 0) is 21.9 Å². The number of nitrogens with zero attached hydrogens (tertiary/aromatic N) is 5. The second-order valence-corrected chi connectivity index (χ2v) is 9.23. The molecular weight excluding hydrogens is 404 g/mol. The summed E-state index contributed by atoms with van der Waals surface area (Å²) in [6, 6.07) is 3.45. The summed E-state index contributed by atoms with van der Waals surface area (Å²) < 4.78 is 29.4. The van der Waals surface area contributed by atoms with Crippen molar-refractivity contribution in [3.63, 3.8) is 0 Å². The largest absolute Gasteiger partial charge is 0.345 e. The number of piperazine rings is 1. The van der Waals surface area contributed by atoms with Gasteiger partial charge in [-0.15, -0.1) is 0 Å². The zero-order valence-corrected chi connectivity index (χ0v) is 18.0. The molecule has 1 amide bonds. The lowest BCUT2D eigenvalue weighted by Crippen LogP contribution is -2.50. The molecule has 0 saturated carbocycles. The highest BCUT2D eigenvalue weighted by molar-refractivity contribution is 7.89. The normalized spacial score (nSPS) is 16.0. The van der Waals surface area contributed by atoms with Gasteiger partial charge < -0.3 is 9.88 Å². The Balaban J connectivity index is 1.44. The van der Waals surface area contributed by atoms with E-state index in [0.29, 0.717) is 24.1 Å². The topological polar surface area (TPSA) is 104 Å². The number of carbonyl (C=O) groups is 1. The molecule has 0 spiro atoms. The van der Waals surface area contributed by atoms with Crippen molar-refractivity contribution in [3.8, 4) is 0 Å². The fourth-order valence-corrected chi connectivity index (χ4v) is 5.30. The van der Waals surface area contributed by atoms with E-state index >= 15 is 0 Å². The maximum atomic E-state index is 13.1. The predicted octanol–water partition coefficient (Wildman–Crippen LogP) is 1.46. The number of pyridine rings is 1. The molecule has 0 atom stereocenters. The monoisotopic (exact) mass is 428 g/mol. The van der Waals surface area contributed by atoms with Gasteiger partial charge in [-0.3, -0.25) is 9.48 Å². The van der Waals surface area contributed by atoms with Gasteiger partial charge in [-0.1, -0.05) is 0 Å². The summed E-state index contributed by atoms with van der Waals surface area (Å²) in [7, 11) is -1.80. The van der Waals surface area contributed by atoms with E-state index in [1.165, 1.54) is 16.6 Å². The lowest BCUT2D eigenvalue weighted by Gasteiger charge is -2.33. The van der Waals surface area contributed by atoms with E-state index in [2.05, 4.69) is 15.1 Å². The van der Waals surface area contributed by atoms with E-state index in [1.807, 2.05) is 20.9 Å². The summed E-state index contributed by atoms with van der Waals surface area (Å²) in [6.07, 6.45) is 6.40. The summed E-state index contributed by atoms with van der Waals surface area (Å²) in [4.78, 5) is 21.5. The van der Waals surface area contributed by atoms with Crippen LogP contribution in [-0.4, -0.2) is 69.5 Å². The highest BCUT2D eigenvalue weighted by atomic mass is 32.2. The average Bonchev–Trinajstić information content (AvgIpc) is 3.28. The smallest absolute Gasteiger partial charge is 0.246 e. The van der Waals surface area contributed by atoms with E-state index in [1.54, 1.807) is 34.0 Å². The number of H-pyrrole nitrogens is 1. The van der Waals surface area contributed by atoms with E-state index in [0.717, 1.165) is 17.0 Å². The maximum absolute atomic E-state index is 13.1. The second-order valence-electron chi connectivity index (χ2n) is 7.32. The van der Waals surface area contributed by atoms with Crippen LogP contribution in [0.1, 0.15) is 17.0 Å². The predicted molar refractivity (Wildman–Crippen MR) is 113 cm³/mol. The van der Waals surface area contributed by atoms with Crippen molar-refractivity contribution in [2.24, 2.45) is 7.05 Å². The van der Waals surface area contributed by atoms with Gasteiger partial charge in [-0.25, -0.2) is 13.4 Å². The van der Waals surface area contributed by atoms with Gasteiger partial charge in [-0.05, 0) is 32.1 Å². The number of aryl methyl sites for hydroxylation is 2. The van der Waals surface area contributed by atoms with E-state index in [-0.39, 0.29) is 23.9 Å². The van der Waals surface area contributed by atoms with Gasteiger partial charge in [0.05, 0.1) is 5.69 Å². The van der Waals surface area contributed by atoms with Crippen LogP contribution in [0.2, 0.25) is 0 Å². The van der Waals surface area contributed by atoms with Gasteiger partial charge in [0.1, 0.15) is 10.5 Å². The molecule has 1 aliphatic heterocycles. The van der Waals surface area contributed by atoms with E-state index in [4.69, 9.17) is 0 Å². The number of sulfonamides is 1. The molecule has 3 aromatic heterocycles. The minimum atomic E-state index is -3.66. The Labute approximate surface area is 175 Å². The molecule has 1 aliphatic rings. The van der Waals surface area contributed by atoms with Gasteiger partial charge in [0.15, 0.2) is 0 Å². The summed E-state index contributed by atoms with van der Waals surface area (Å²) in [5, 5.41) is 4.91. The van der Waals surface area contributed by atoms with E-state index < -0.39 is 10.0 Å². The summed E-state index contributed by atoms with van der Waals surface area (Å²) in [5.41, 5.74) is 3.32. The molecule has 1 N–H and O–H groups in total. The summed E-state index contributed by atoms with van der Waals surface area (Å²) in [5.74, 6) is -0.133. The third kappa shape index (κ3) is 3.52. The Morgan fingerprint density at radius 3 is 2.60 bits per heavy atom. The molecule has 158 valence electrons. The molecule has 10 heteroatoms. The lowest BCUT2D eigenvalue weighted by atomic mass is 10.2. The first-order valence-electron chi connectivity index (χ1n) is 9.68. The zero-order chi connectivity index (χ0) is 21.5. The van der Waals surface area contributed by atoms with Crippen LogP contribution >= 0.6 is 0 Å². The third-order valence-corrected chi connectivity index (χ3v) is 7.48. The van der Waals surface area contributed by atoms with Crippen molar-refractivity contribution in [1.82, 2.24) is 29.0 Å². The van der Waals surface area contributed by atoms with Gasteiger partial charge in [0.2, 0.25) is 15.9 Å². The number of nitrogens with one attached hydrogen (secondary N) is 1. The molecular formula is C20H24N6O3S. The Hall–Kier alpha value is -2.98. The fraction of sp³-hybridized carbons (Fsp3) is 0.350. The number of amides is 1. The Bertz CT molecular complexity index is 1230. The first kappa shape index (κ1) is 20.3. The van der Waals surface area contributed by atoms with Gasteiger partial charge >= 0.3 is 0 Å². The van der Waals surface area contributed by atoms with Crippen LogP contribution in [0.25, 0.3) is 17.1 Å². The molecule has 1 saturated heterocycles. The van der Waals surface area contributed by atoms with E-state index in [9.17, 15) is 13.2 Å². The van der Waals surface area contributed by atoms with Crippen LogP contribution in [0, 0.1) is 13.8 Å². The molecule has 0 unspecified atom stereocenters. The number of carbonyl (C=O) groups excluding carboxylic acids is 1. The van der Waals surface area contributed by atoms with Gasteiger partial charge in [0.25, 0.3) is 0 Å². The highest BCUT2D eigenvalue weighted by Crippen LogP contribution is 2.25. The van der Waals surface area contributed by atoms with Gasteiger partial charge in [-0.2, -0.15) is 9.40 Å². The lowest BCUT2D eigenvalue weighted by molar-refractivity contribution is -0.127. The number of aromatic nitrogens is 4. The highest BCUT2D eigenvalue weighted by Gasteiger charge is 2.31.